The molecule has 3 nitrogen and oxygen atoms in total. The number of nitrogens with zero attached hydrogens (tertiary/aromatic N) is 1. The van der Waals surface area contributed by atoms with E-state index in [4.69, 9.17) is 4.74 Å². The van der Waals surface area contributed by atoms with E-state index in [0.717, 1.165) is 31.0 Å². The van der Waals surface area contributed by atoms with Crippen molar-refractivity contribution in [3.63, 3.8) is 0 Å². The summed E-state index contributed by atoms with van der Waals surface area (Å²) in [5, 5.41) is 3.35. The predicted octanol–water partition coefficient (Wildman–Crippen LogP) is 3.54. The summed E-state index contributed by atoms with van der Waals surface area (Å²) < 4.78 is 5.73. The van der Waals surface area contributed by atoms with Crippen molar-refractivity contribution in [3.05, 3.63) is 24.0 Å². The monoisotopic (exact) mass is 250 g/mol. The van der Waals surface area contributed by atoms with Gasteiger partial charge in [0.25, 0.3) is 0 Å². The van der Waals surface area contributed by atoms with Gasteiger partial charge in [0, 0.05) is 24.8 Å². The third-order valence-electron chi connectivity index (χ3n) is 2.75. The van der Waals surface area contributed by atoms with Gasteiger partial charge >= 0.3 is 0 Å². The molecule has 0 amide bonds. The van der Waals surface area contributed by atoms with Crippen molar-refractivity contribution in [2.75, 3.05) is 6.61 Å². The lowest BCUT2D eigenvalue weighted by atomic mass is 10.2. The normalized spacial score (nSPS) is 10.9. The van der Waals surface area contributed by atoms with E-state index >= 15 is 0 Å². The second-order valence-corrected chi connectivity index (χ2v) is 4.93. The number of hydrogen-bond donors (Lipinski definition) is 1. The van der Waals surface area contributed by atoms with Crippen LogP contribution >= 0.6 is 0 Å². The molecule has 0 unspecified atom stereocenters. The summed E-state index contributed by atoms with van der Waals surface area (Å²) >= 11 is 0. The summed E-state index contributed by atoms with van der Waals surface area (Å²) in [5.74, 6) is 0.932. The summed E-state index contributed by atoms with van der Waals surface area (Å²) in [6.07, 6.45) is 6.77. The molecule has 1 aromatic heterocycles. The highest BCUT2D eigenvalue weighted by Gasteiger charge is 1.99. The molecule has 0 saturated heterocycles. The van der Waals surface area contributed by atoms with E-state index < -0.39 is 0 Å². The van der Waals surface area contributed by atoms with Gasteiger partial charge in [0.15, 0.2) is 0 Å². The van der Waals surface area contributed by atoms with E-state index in [-0.39, 0.29) is 0 Å². The quantitative estimate of drug-likeness (QED) is 0.681. The van der Waals surface area contributed by atoms with Crippen molar-refractivity contribution < 1.29 is 4.74 Å². The molecule has 18 heavy (non-hydrogen) atoms. The Balaban J connectivity index is 2.30. The lowest BCUT2D eigenvalue weighted by molar-refractivity contribution is 0.304. The summed E-state index contributed by atoms with van der Waals surface area (Å²) in [5.41, 5.74) is 1.04. The van der Waals surface area contributed by atoms with E-state index in [1.165, 1.54) is 19.3 Å². The fraction of sp³-hybridized carbons (Fsp3) is 0.667. The van der Waals surface area contributed by atoms with Gasteiger partial charge in [0.1, 0.15) is 5.75 Å². The number of pyridine rings is 1. The predicted molar refractivity (Wildman–Crippen MR) is 75.8 cm³/mol. The minimum absolute atomic E-state index is 0.477. The molecule has 1 aromatic rings. The molecule has 102 valence electrons. The van der Waals surface area contributed by atoms with Crippen LogP contribution < -0.4 is 10.1 Å². The molecule has 0 radical (unpaired) electrons. The molecule has 0 spiro atoms. The van der Waals surface area contributed by atoms with E-state index in [1.54, 1.807) is 0 Å². The van der Waals surface area contributed by atoms with Crippen molar-refractivity contribution >= 4 is 0 Å². The molecule has 3 heteroatoms. The van der Waals surface area contributed by atoms with Crippen molar-refractivity contribution in [3.8, 4) is 5.75 Å². The molecular weight excluding hydrogens is 224 g/mol. The van der Waals surface area contributed by atoms with Gasteiger partial charge < -0.3 is 10.1 Å². The van der Waals surface area contributed by atoms with Crippen LogP contribution in [0.4, 0.5) is 0 Å². The third kappa shape index (κ3) is 6.60. The Morgan fingerprint density at radius 1 is 1.28 bits per heavy atom. The Morgan fingerprint density at radius 3 is 2.83 bits per heavy atom. The lowest BCUT2D eigenvalue weighted by Crippen LogP contribution is -2.22. The Morgan fingerprint density at radius 2 is 2.11 bits per heavy atom. The number of rotatable bonds is 9. The smallest absolute Gasteiger partial charge is 0.122 e. The highest BCUT2D eigenvalue weighted by molar-refractivity contribution is 5.22. The molecule has 0 aromatic carbocycles. The van der Waals surface area contributed by atoms with E-state index in [1.807, 2.05) is 18.3 Å². The van der Waals surface area contributed by atoms with E-state index in [0.29, 0.717) is 6.04 Å². The van der Waals surface area contributed by atoms with Crippen LogP contribution in [0.2, 0.25) is 0 Å². The minimum Gasteiger partial charge on any atom is -0.493 e. The maximum absolute atomic E-state index is 5.73. The Bertz CT molecular complexity index is 326. The molecule has 0 fully saturated rings. The molecule has 0 bridgehead atoms. The van der Waals surface area contributed by atoms with Crippen molar-refractivity contribution in [2.45, 2.75) is 59.0 Å². The van der Waals surface area contributed by atoms with Crippen molar-refractivity contribution in [1.82, 2.24) is 10.3 Å². The van der Waals surface area contributed by atoms with Crippen LogP contribution in [0.3, 0.4) is 0 Å². The topological polar surface area (TPSA) is 34.1 Å². The average molecular weight is 250 g/mol. The van der Waals surface area contributed by atoms with Gasteiger partial charge in [-0.1, -0.05) is 40.0 Å². The molecule has 0 saturated carbocycles. The van der Waals surface area contributed by atoms with Crippen LogP contribution in [0.5, 0.6) is 5.75 Å². The first-order valence-corrected chi connectivity index (χ1v) is 7.03. The van der Waals surface area contributed by atoms with Gasteiger partial charge in [-0.2, -0.15) is 0 Å². The highest BCUT2D eigenvalue weighted by atomic mass is 16.5. The van der Waals surface area contributed by atoms with Crippen molar-refractivity contribution in [1.29, 1.82) is 0 Å². The number of aromatic nitrogens is 1. The molecule has 0 atom stereocenters. The Hall–Kier alpha value is -1.09. The van der Waals surface area contributed by atoms with Gasteiger partial charge in [-0.15, -0.1) is 0 Å². The number of nitrogens with one attached hydrogen (secondary N) is 1. The summed E-state index contributed by atoms with van der Waals surface area (Å²) in [6, 6.07) is 4.43. The van der Waals surface area contributed by atoms with Crippen LogP contribution in [0.1, 0.15) is 52.1 Å². The molecule has 1 N–H and O–H groups in total. The summed E-state index contributed by atoms with van der Waals surface area (Å²) in [6.45, 7) is 8.09. The Labute approximate surface area is 111 Å². The van der Waals surface area contributed by atoms with Gasteiger partial charge in [-0.3, -0.25) is 4.98 Å². The first-order valence-electron chi connectivity index (χ1n) is 7.03. The van der Waals surface area contributed by atoms with Crippen LogP contribution in [0.15, 0.2) is 18.3 Å². The maximum Gasteiger partial charge on any atom is 0.122 e. The SMILES string of the molecule is CCCCCCOc1ccnc(CNC(C)C)c1. The minimum atomic E-state index is 0.477. The second-order valence-electron chi connectivity index (χ2n) is 4.93. The molecule has 0 aliphatic rings. The molecule has 0 aliphatic heterocycles. The van der Waals surface area contributed by atoms with Crippen LogP contribution in [0.25, 0.3) is 0 Å². The van der Waals surface area contributed by atoms with Gasteiger partial charge in [0.2, 0.25) is 0 Å². The zero-order valence-electron chi connectivity index (χ0n) is 11.9. The molecule has 1 heterocycles. The third-order valence-corrected chi connectivity index (χ3v) is 2.75. The zero-order valence-corrected chi connectivity index (χ0v) is 11.9. The lowest BCUT2D eigenvalue weighted by Gasteiger charge is -2.09. The fourth-order valence-corrected chi connectivity index (χ4v) is 1.67. The molecule has 0 aliphatic carbocycles. The molecular formula is C15H26N2O. The number of hydrogen-bond acceptors (Lipinski definition) is 3. The second kappa shape index (κ2) is 8.92. The van der Waals surface area contributed by atoms with Crippen LogP contribution in [-0.2, 0) is 6.54 Å². The van der Waals surface area contributed by atoms with Crippen LogP contribution in [-0.4, -0.2) is 17.6 Å². The number of unbranched alkanes of at least 4 members (excludes halogenated alkanes) is 3. The highest BCUT2D eigenvalue weighted by Crippen LogP contribution is 2.12. The fourth-order valence-electron chi connectivity index (χ4n) is 1.67. The summed E-state index contributed by atoms with van der Waals surface area (Å²) in [4.78, 5) is 4.33. The standard InChI is InChI=1S/C15H26N2O/c1-4-5-6-7-10-18-15-8-9-16-14(11-15)12-17-13(2)3/h8-9,11,13,17H,4-7,10,12H2,1-3H3. The number of ether oxygens (including phenoxy) is 1. The largest absolute Gasteiger partial charge is 0.493 e. The average Bonchev–Trinajstić information content (AvgIpc) is 2.37. The maximum atomic E-state index is 5.73. The Kier molecular flexibility index (Phi) is 7.42. The van der Waals surface area contributed by atoms with Crippen LogP contribution in [0, 0.1) is 0 Å². The van der Waals surface area contributed by atoms with Gasteiger partial charge in [-0.25, -0.2) is 0 Å². The summed E-state index contributed by atoms with van der Waals surface area (Å²) in [7, 11) is 0. The first kappa shape index (κ1) is 15.0. The zero-order chi connectivity index (χ0) is 13.2. The molecule has 1 rings (SSSR count). The first-order chi connectivity index (χ1) is 8.72. The van der Waals surface area contributed by atoms with Gasteiger partial charge in [0.05, 0.1) is 12.3 Å². The van der Waals surface area contributed by atoms with Gasteiger partial charge in [-0.05, 0) is 12.5 Å². The van der Waals surface area contributed by atoms with Crippen molar-refractivity contribution in [2.24, 2.45) is 0 Å². The van der Waals surface area contributed by atoms with E-state index in [9.17, 15) is 0 Å². The van der Waals surface area contributed by atoms with E-state index in [2.05, 4.69) is 31.1 Å².